The van der Waals surface area contributed by atoms with E-state index in [9.17, 15) is 0 Å². The summed E-state index contributed by atoms with van der Waals surface area (Å²) in [5.74, 6) is 0. The van der Waals surface area contributed by atoms with Crippen LogP contribution in [0.15, 0.2) is 53.3 Å². The van der Waals surface area contributed by atoms with Crippen molar-refractivity contribution < 1.29 is 0 Å². The van der Waals surface area contributed by atoms with Crippen LogP contribution in [0.3, 0.4) is 0 Å². The van der Waals surface area contributed by atoms with E-state index < -0.39 is 0 Å². The molecular formula is C13H10BrN. The SMILES string of the molecule is Brc1cccc(C=Cc2cccnc2)c1. The molecule has 0 aliphatic heterocycles. The van der Waals surface area contributed by atoms with Crippen molar-refractivity contribution in [2.75, 3.05) is 0 Å². The lowest BCUT2D eigenvalue weighted by Crippen LogP contribution is -1.74. The van der Waals surface area contributed by atoms with Crippen molar-refractivity contribution in [3.8, 4) is 0 Å². The maximum absolute atomic E-state index is 4.05. The number of hydrogen-bond acceptors (Lipinski definition) is 1. The fourth-order valence-electron chi connectivity index (χ4n) is 1.28. The quantitative estimate of drug-likeness (QED) is 0.794. The van der Waals surface area contributed by atoms with E-state index in [1.807, 2.05) is 30.5 Å². The normalized spacial score (nSPS) is 10.7. The van der Waals surface area contributed by atoms with Crippen molar-refractivity contribution >= 4 is 28.1 Å². The minimum Gasteiger partial charge on any atom is -0.264 e. The first kappa shape index (κ1) is 10.1. The Labute approximate surface area is 97.6 Å². The number of hydrogen-bond donors (Lipinski definition) is 0. The van der Waals surface area contributed by atoms with Crippen LogP contribution in [0.2, 0.25) is 0 Å². The molecule has 0 saturated heterocycles. The molecule has 15 heavy (non-hydrogen) atoms. The van der Waals surface area contributed by atoms with Gasteiger partial charge in [0.15, 0.2) is 0 Å². The lowest BCUT2D eigenvalue weighted by molar-refractivity contribution is 1.32. The molecule has 1 nitrogen and oxygen atoms in total. The average Bonchev–Trinajstić information content (AvgIpc) is 2.28. The third kappa shape index (κ3) is 3.03. The van der Waals surface area contributed by atoms with Crippen molar-refractivity contribution in [2.24, 2.45) is 0 Å². The molecule has 0 unspecified atom stereocenters. The summed E-state index contributed by atoms with van der Waals surface area (Å²) in [6, 6.07) is 12.1. The van der Waals surface area contributed by atoms with Gasteiger partial charge in [-0.05, 0) is 29.3 Å². The second-order valence-corrected chi connectivity index (χ2v) is 4.09. The molecule has 0 bridgehead atoms. The van der Waals surface area contributed by atoms with Crippen molar-refractivity contribution in [1.29, 1.82) is 0 Å². The Balaban J connectivity index is 2.19. The zero-order valence-electron chi connectivity index (χ0n) is 8.10. The summed E-state index contributed by atoms with van der Waals surface area (Å²) in [6.07, 6.45) is 7.74. The van der Waals surface area contributed by atoms with E-state index in [2.05, 4.69) is 45.2 Å². The predicted octanol–water partition coefficient (Wildman–Crippen LogP) is 4.01. The summed E-state index contributed by atoms with van der Waals surface area (Å²) in [5.41, 5.74) is 2.28. The Morgan fingerprint density at radius 1 is 1.00 bits per heavy atom. The summed E-state index contributed by atoms with van der Waals surface area (Å²) in [6.45, 7) is 0. The zero-order chi connectivity index (χ0) is 10.5. The Morgan fingerprint density at radius 2 is 1.80 bits per heavy atom. The summed E-state index contributed by atoms with van der Waals surface area (Å²) in [5, 5.41) is 0. The first-order chi connectivity index (χ1) is 7.34. The summed E-state index contributed by atoms with van der Waals surface area (Å²) < 4.78 is 1.09. The van der Waals surface area contributed by atoms with Gasteiger partial charge in [-0.2, -0.15) is 0 Å². The first-order valence-electron chi connectivity index (χ1n) is 4.68. The number of pyridine rings is 1. The molecule has 1 aromatic carbocycles. The van der Waals surface area contributed by atoms with Crippen LogP contribution in [0.5, 0.6) is 0 Å². The molecule has 74 valence electrons. The first-order valence-corrected chi connectivity index (χ1v) is 5.47. The smallest absolute Gasteiger partial charge is 0.0340 e. The second-order valence-electron chi connectivity index (χ2n) is 3.17. The second kappa shape index (κ2) is 4.89. The Bertz CT molecular complexity index is 463. The monoisotopic (exact) mass is 259 g/mol. The molecule has 2 aromatic rings. The molecule has 0 saturated carbocycles. The van der Waals surface area contributed by atoms with Crippen LogP contribution in [0, 0.1) is 0 Å². The summed E-state index contributed by atoms with van der Waals surface area (Å²) in [4.78, 5) is 4.05. The maximum Gasteiger partial charge on any atom is 0.0340 e. The van der Waals surface area contributed by atoms with Gasteiger partial charge in [0, 0.05) is 16.9 Å². The van der Waals surface area contributed by atoms with Gasteiger partial charge in [-0.15, -0.1) is 0 Å². The molecule has 0 spiro atoms. The van der Waals surface area contributed by atoms with Crippen LogP contribution in [0.25, 0.3) is 12.2 Å². The predicted molar refractivity (Wildman–Crippen MR) is 67.3 cm³/mol. The molecule has 1 heterocycles. The van der Waals surface area contributed by atoms with Crippen LogP contribution in [0.4, 0.5) is 0 Å². The van der Waals surface area contributed by atoms with Crippen LogP contribution < -0.4 is 0 Å². The summed E-state index contributed by atoms with van der Waals surface area (Å²) in [7, 11) is 0. The highest BCUT2D eigenvalue weighted by molar-refractivity contribution is 9.10. The Morgan fingerprint density at radius 3 is 2.53 bits per heavy atom. The van der Waals surface area contributed by atoms with Crippen molar-refractivity contribution in [3.05, 3.63) is 64.4 Å². The molecule has 0 aliphatic carbocycles. The van der Waals surface area contributed by atoms with Gasteiger partial charge in [-0.25, -0.2) is 0 Å². The highest BCUT2D eigenvalue weighted by Gasteiger charge is 1.89. The molecule has 2 heteroatoms. The highest BCUT2D eigenvalue weighted by Crippen LogP contribution is 2.13. The van der Waals surface area contributed by atoms with Gasteiger partial charge in [-0.3, -0.25) is 4.98 Å². The van der Waals surface area contributed by atoms with E-state index in [4.69, 9.17) is 0 Å². The highest BCUT2D eigenvalue weighted by atomic mass is 79.9. The maximum atomic E-state index is 4.05. The molecule has 0 amide bonds. The van der Waals surface area contributed by atoms with Gasteiger partial charge in [0.25, 0.3) is 0 Å². The fraction of sp³-hybridized carbons (Fsp3) is 0. The topological polar surface area (TPSA) is 12.9 Å². The van der Waals surface area contributed by atoms with E-state index in [1.54, 1.807) is 6.20 Å². The fourth-order valence-corrected chi connectivity index (χ4v) is 1.69. The van der Waals surface area contributed by atoms with Crippen LogP contribution >= 0.6 is 15.9 Å². The Hall–Kier alpha value is -1.41. The number of nitrogens with zero attached hydrogens (tertiary/aromatic N) is 1. The van der Waals surface area contributed by atoms with Gasteiger partial charge in [0.05, 0.1) is 0 Å². The van der Waals surface area contributed by atoms with Crippen LogP contribution in [-0.4, -0.2) is 4.98 Å². The molecule has 2 rings (SSSR count). The van der Waals surface area contributed by atoms with Crippen molar-refractivity contribution in [1.82, 2.24) is 4.98 Å². The van der Waals surface area contributed by atoms with E-state index in [0.717, 1.165) is 10.0 Å². The molecule has 0 atom stereocenters. The van der Waals surface area contributed by atoms with Crippen LogP contribution in [-0.2, 0) is 0 Å². The third-order valence-electron chi connectivity index (χ3n) is 2.00. The minimum absolute atomic E-state index is 1.09. The third-order valence-corrected chi connectivity index (χ3v) is 2.49. The minimum atomic E-state index is 1.09. The standard InChI is InChI=1S/C13H10BrN/c14-13-5-1-3-11(9-13)6-7-12-4-2-8-15-10-12/h1-10H. The molecule has 0 fully saturated rings. The number of aromatic nitrogens is 1. The zero-order valence-corrected chi connectivity index (χ0v) is 9.68. The van der Waals surface area contributed by atoms with Crippen LogP contribution in [0.1, 0.15) is 11.1 Å². The van der Waals surface area contributed by atoms with Gasteiger partial charge in [0.2, 0.25) is 0 Å². The lowest BCUT2D eigenvalue weighted by Gasteiger charge is -1.94. The summed E-state index contributed by atoms with van der Waals surface area (Å²) >= 11 is 3.44. The number of halogens is 1. The molecule has 0 aliphatic rings. The molecule has 0 N–H and O–H groups in total. The average molecular weight is 260 g/mol. The molecule has 1 aromatic heterocycles. The van der Waals surface area contributed by atoms with Gasteiger partial charge in [-0.1, -0.05) is 46.3 Å². The van der Waals surface area contributed by atoms with Gasteiger partial charge in [0.1, 0.15) is 0 Å². The van der Waals surface area contributed by atoms with Crippen molar-refractivity contribution in [2.45, 2.75) is 0 Å². The van der Waals surface area contributed by atoms with E-state index in [-0.39, 0.29) is 0 Å². The lowest BCUT2D eigenvalue weighted by atomic mass is 10.2. The number of benzene rings is 1. The Kier molecular flexibility index (Phi) is 3.30. The van der Waals surface area contributed by atoms with E-state index >= 15 is 0 Å². The molecule has 0 radical (unpaired) electrons. The van der Waals surface area contributed by atoms with Gasteiger partial charge < -0.3 is 0 Å². The molecular weight excluding hydrogens is 250 g/mol. The largest absolute Gasteiger partial charge is 0.264 e. The van der Waals surface area contributed by atoms with E-state index in [1.165, 1.54) is 5.56 Å². The van der Waals surface area contributed by atoms with E-state index in [0.29, 0.717) is 0 Å². The number of rotatable bonds is 2. The van der Waals surface area contributed by atoms with Gasteiger partial charge >= 0.3 is 0 Å². The van der Waals surface area contributed by atoms with Crippen molar-refractivity contribution in [3.63, 3.8) is 0 Å².